The first-order valence-electron chi connectivity index (χ1n) is 9.20. The molecule has 0 saturated carbocycles. The molecule has 0 radical (unpaired) electrons. The minimum Gasteiger partial charge on any atom is -0.353 e. The van der Waals surface area contributed by atoms with Crippen LogP contribution in [0.4, 0.5) is 4.39 Å². The van der Waals surface area contributed by atoms with Gasteiger partial charge in [0.15, 0.2) is 0 Å². The van der Waals surface area contributed by atoms with Crippen LogP contribution in [0.2, 0.25) is 5.02 Å². The molecule has 0 unspecified atom stereocenters. The molecule has 1 aromatic carbocycles. The molecular formula is C19H27ClFN3O2. The summed E-state index contributed by atoms with van der Waals surface area (Å²) in [6, 6.07) is 3.94. The van der Waals surface area contributed by atoms with Gasteiger partial charge in [-0.1, -0.05) is 31.5 Å². The number of carbonyl (C=O) groups is 2. The molecule has 26 heavy (non-hydrogen) atoms. The van der Waals surface area contributed by atoms with Gasteiger partial charge in [0.25, 0.3) is 0 Å². The monoisotopic (exact) mass is 383 g/mol. The van der Waals surface area contributed by atoms with E-state index in [0.717, 1.165) is 12.8 Å². The number of piperazine rings is 1. The van der Waals surface area contributed by atoms with Crippen molar-refractivity contribution in [3.63, 3.8) is 0 Å². The first kappa shape index (κ1) is 20.6. The molecule has 2 amide bonds. The van der Waals surface area contributed by atoms with Crippen LogP contribution < -0.4 is 5.32 Å². The third-order valence-corrected chi connectivity index (χ3v) is 4.93. The Morgan fingerprint density at radius 1 is 1.35 bits per heavy atom. The third-order valence-electron chi connectivity index (χ3n) is 4.57. The maximum absolute atomic E-state index is 14.1. The normalized spacial score (nSPS) is 17.8. The molecule has 1 heterocycles. The lowest BCUT2D eigenvalue weighted by atomic mass is 10.1. The molecule has 1 aromatic rings. The van der Waals surface area contributed by atoms with Gasteiger partial charge in [-0.05, 0) is 25.0 Å². The highest BCUT2D eigenvalue weighted by molar-refractivity contribution is 6.31. The van der Waals surface area contributed by atoms with Crippen molar-refractivity contribution in [2.75, 3.05) is 26.2 Å². The zero-order chi connectivity index (χ0) is 19.1. The van der Waals surface area contributed by atoms with Gasteiger partial charge in [0.05, 0.1) is 12.5 Å². The van der Waals surface area contributed by atoms with Crippen molar-refractivity contribution in [2.24, 2.45) is 0 Å². The minimum absolute atomic E-state index is 0.0413. The van der Waals surface area contributed by atoms with Crippen molar-refractivity contribution in [1.29, 1.82) is 0 Å². The molecule has 0 bridgehead atoms. The topological polar surface area (TPSA) is 52.7 Å². The van der Waals surface area contributed by atoms with Gasteiger partial charge in [-0.15, -0.1) is 0 Å². The summed E-state index contributed by atoms with van der Waals surface area (Å²) in [6.07, 6.45) is 1.84. The molecule has 0 aliphatic carbocycles. The summed E-state index contributed by atoms with van der Waals surface area (Å²) in [5.74, 6) is -0.627. The van der Waals surface area contributed by atoms with Crippen molar-refractivity contribution < 1.29 is 14.0 Å². The number of halogens is 2. The molecule has 0 spiro atoms. The van der Waals surface area contributed by atoms with Crippen molar-refractivity contribution in [2.45, 2.75) is 45.7 Å². The Kier molecular flexibility index (Phi) is 7.85. The number of hydrogen-bond acceptors (Lipinski definition) is 3. The predicted octanol–water partition coefficient (Wildman–Crippen LogP) is 2.82. The highest BCUT2D eigenvalue weighted by Crippen LogP contribution is 2.23. The van der Waals surface area contributed by atoms with Crippen molar-refractivity contribution in [3.8, 4) is 0 Å². The Morgan fingerprint density at radius 2 is 2.04 bits per heavy atom. The Labute approximate surface area is 159 Å². The van der Waals surface area contributed by atoms with Gasteiger partial charge in [0, 0.05) is 43.3 Å². The van der Waals surface area contributed by atoms with Crippen molar-refractivity contribution in [1.82, 2.24) is 15.1 Å². The van der Waals surface area contributed by atoms with E-state index in [4.69, 9.17) is 11.6 Å². The number of hydrogen-bond donors (Lipinski definition) is 1. The second-order valence-corrected chi connectivity index (χ2v) is 6.97. The number of rotatable bonds is 8. The third kappa shape index (κ3) is 5.17. The molecule has 2 rings (SSSR count). The molecular weight excluding hydrogens is 357 g/mol. The number of carbonyl (C=O) groups excluding carboxylic acids is 2. The summed E-state index contributed by atoms with van der Waals surface area (Å²) in [5.41, 5.74) is 0.361. The van der Waals surface area contributed by atoms with Gasteiger partial charge in [-0.2, -0.15) is 0 Å². The van der Waals surface area contributed by atoms with Gasteiger partial charge >= 0.3 is 0 Å². The van der Waals surface area contributed by atoms with Crippen molar-refractivity contribution in [3.05, 3.63) is 34.6 Å². The quantitative estimate of drug-likeness (QED) is 0.751. The minimum atomic E-state index is -0.608. The van der Waals surface area contributed by atoms with Gasteiger partial charge in [0.1, 0.15) is 5.82 Å². The number of benzene rings is 1. The molecule has 1 fully saturated rings. The molecule has 1 aliphatic heterocycles. The van der Waals surface area contributed by atoms with E-state index in [0.29, 0.717) is 36.8 Å². The zero-order valence-corrected chi connectivity index (χ0v) is 16.2. The molecule has 144 valence electrons. The Morgan fingerprint density at radius 3 is 2.65 bits per heavy atom. The van der Waals surface area contributed by atoms with Crippen LogP contribution in [0.1, 0.15) is 38.7 Å². The Balaban J connectivity index is 2.14. The van der Waals surface area contributed by atoms with Gasteiger partial charge in [-0.25, -0.2) is 4.39 Å². The first-order chi connectivity index (χ1) is 12.5. The van der Waals surface area contributed by atoms with E-state index in [9.17, 15) is 14.0 Å². The molecule has 1 saturated heterocycles. The average molecular weight is 384 g/mol. The lowest BCUT2D eigenvalue weighted by Gasteiger charge is -2.36. The van der Waals surface area contributed by atoms with E-state index in [1.807, 2.05) is 18.7 Å². The molecule has 0 aromatic heterocycles. The summed E-state index contributed by atoms with van der Waals surface area (Å²) in [7, 11) is 0. The average Bonchev–Trinajstić information content (AvgIpc) is 2.60. The van der Waals surface area contributed by atoms with Crippen LogP contribution in [0, 0.1) is 5.82 Å². The van der Waals surface area contributed by atoms with Crippen molar-refractivity contribution >= 4 is 23.4 Å². The maximum Gasteiger partial charge on any atom is 0.237 e. The largest absolute Gasteiger partial charge is 0.353 e. The lowest BCUT2D eigenvalue weighted by molar-refractivity contribution is -0.139. The van der Waals surface area contributed by atoms with Crippen LogP contribution in [0.25, 0.3) is 0 Å². The molecule has 7 heteroatoms. The fourth-order valence-corrected chi connectivity index (χ4v) is 3.48. The first-order valence-corrected chi connectivity index (χ1v) is 9.58. The standard InChI is InChI=1S/C19H27ClFN3O2/c1-3-9-23(10-4-2)18(25)12-17-19(26)22-8-11-24(17)13-14-15(20)6-5-7-16(14)21/h5-7,17H,3-4,8-13H2,1-2H3,(H,22,26)/t17-/m0/s1. The van der Waals surface area contributed by atoms with Crippen LogP contribution in [0.3, 0.4) is 0 Å². The lowest BCUT2D eigenvalue weighted by Crippen LogP contribution is -2.56. The van der Waals surface area contributed by atoms with E-state index in [2.05, 4.69) is 5.32 Å². The fraction of sp³-hybridized carbons (Fsp3) is 0.579. The van der Waals surface area contributed by atoms with E-state index in [-0.39, 0.29) is 24.8 Å². The molecule has 1 N–H and O–H groups in total. The number of nitrogens with zero attached hydrogens (tertiary/aromatic N) is 2. The zero-order valence-electron chi connectivity index (χ0n) is 15.4. The van der Waals surface area contributed by atoms with E-state index < -0.39 is 11.9 Å². The number of nitrogens with one attached hydrogen (secondary N) is 1. The second kappa shape index (κ2) is 9.88. The predicted molar refractivity (Wildman–Crippen MR) is 100 cm³/mol. The van der Waals surface area contributed by atoms with E-state index in [1.165, 1.54) is 6.07 Å². The maximum atomic E-state index is 14.1. The molecule has 1 atom stereocenters. The highest BCUT2D eigenvalue weighted by Gasteiger charge is 2.33. The SMILES string of the molecule is CCCN(CCC)C(=O)C[C@H]1C(=O)NCCN1Cc1c(F)cccc1Cl. The van der Waals surface area contributed by atoms with Crippen LogP contribution in [0.5, 0.6) is 0 Å². The summed E-state index contributed by atoms with van der Waals surface area (Å²) >= 11 is 6.13. The second-order valence-electron chi connectivity index (χ2n) is 6.56. The Bertz CT molecular complexity index is 615. The fourth-order valence-electron chi connectivity index (χ4n) is 3.26. The molecule has 1 aliphatic rings. The number of amides is 2. The van der Waals surface area contributed by atoms with Crippen LogP contribution in [-0.4, -0.2) is 53.8 Å². The van der Waals surface area contributed by atoms with Crippen LogP contribution in [0.15, 0.2) is 18.2 Å². The van der Waals surface area contributed by atoms with Gasteiger partial charge < -0.3 is 10.2 Å². The van der Waals surface area contributed by atoms with Gasteiger partial charge in [-0.3, -0.25) is 14.5 Å². The highest BCUT2D eigenvalue weighted by atomic mass is 35.5. The summed E-state index contributed by atoms with van der Waals surface area (Å²) < 4.78 is 14.1. The summed E-state index contributed by atoms with van der Waals surface area (Å²) in [6.45, 7) is 6.64. The smallest absolute Gasteiger partial charge is 0.237 e. The summed E-state index contributed by atoms with van der Waals surface area (Å²) in [5, 5.41) is 3.14. The molecule has 5 nitrogen and oxygen atoms in total. The van der Waals surface area contributed by atoms with Gasteiger partial charge in [0.2, 0.25) is 11.8 Å². The van der Waals surface area contributed by atoms with Crippen LogP contribution >= 0.6 is 11.6 Å². The van der Waals surface area contributed by atoms with E-state index >= 15 is 0 Å². The van der Waals surface area contributed by atoms with Crippen LogP contribution in [-0.2, 0) is 16.1 Å². The Hall–Kier alpha value is -1.66. The van der Waals surface area contributed by atoms with E-state index in [1.54, 1.807) is 17.0 Å². The summed E-state index contributed by atoms with van der Waals surface area (Å²) in [4.78, 5) is 28.7.